The Bertz CT molecular complexity index is 574. The van der Waals surface area contributed by atoms with Crippen LogP contribution in [0.5, 0.6) is 0 Å². The van der Waals surface area contributed by atoms with Crippen LogP contribution in [0, 0.1) is 0 Å². The standard InChI is InChI=1S/C13H11BrN2OS/c14-10-3-1-2-9(6-10)8-18-11-4-5-16-12(7-11)13(15)17/h1-7H,8H2,(H2,15,17). The number of amides is 1. The van der Waals surface area contributed by atoms with E-state index in [2.05, 4.69) is 33.0 Å². The summed E-state index contributed by atoms with van der Waals surface area (Å²) < 4.78 is 1.06. The maximum Gasteiger partial charge on any atom is 0.267 e. The summed E-state index contributed by atoms with van der Waals surface area (Å²) in [5, 5.41) is 0. The largest absolute Gasteiger partial charge is 0.364 e. The molecular weight excluding hydrogens is 312 g/mol. The van der Waals surface area contributed by atoms with Gasteiger partial charge >= 0.3 is 0 Å². The average Bonchev–Trinajstić information content (AvgIpc) is 2.37. The van der Waals surface area contributed by atoms with Crippen molar-refractivity contribution >= 4 is 33.6 Å². The summed E-state index contributed by atoms with van der Waals surface area (Å²) in [6.07, 6.45) is 1.60. The SMILES string of the molecule is NC(=O)c1cc(SCc2cccc(Br)c2)ccn1. The Morgan fingerprint density at radius 1 is 1.33 bits per heavy atom. The first-order valence-electron chi connectivity index (χ1n) is 5.28. The fourth-order valence-corrected chi connectivity index (χ4v) is 2.74. The minimum Gasteiger partial charge on any atom is -0.364 e. The highest BCUT2D eigenvalue weighted by atomic mass is 79.9. The molecular formula is C13H11BrN2OS. The van der Waals surface area contributed by atoms with Crippen molar-refractivity contribution in [1.82, 2.24) is 4.98 Å². The van der Waals surface area contributed by atoms with Gasteiger partial charge in [-0.25, -0.2) is 0 Å². The molecule has 0 atom stereocenters. The van der Waals surface area contributed by atoms with E-state index in [1.54, 1.807) is 24.0 Å². The van der Waals surface area contributed by atoms with Gasteiger partial charge < -0.3 is 5.73 Å². The van der Waals surface area contributed by atoms with Crippen LogP contribution in [-0.2, 0) is 5.75 Å². The van der Waals surface area contributed by atoms with Gasteiger partial charge in [-0.05, 0) is 29.8 Å². The molecule has 0 unspecified atom stereocenters. The van der Waals surface area contributed by atoms with Gasteiger partial charge in [0.2, 0.25) is 0 Å². The van der Waals surface area contributed by atoms with Crippen molar-refractivity contribution in [3.05, 3.63) is 58.3 Å². The number of carbonyl (C=O) groups is 1. The van der Waals surface area contributed by atoms with E-state index in [1.165, 1.54) is 5.56 Å². The van der Waals surface area contributed by atoms with Crippen LogP contribution in [0.2, 0.25) is 0 Å². The molecule has 5 heteroatoms. The topological polar surface area (TPSA) is 56.0 Å². The summed E-state index contributed by atoms with van der Waals surface area (Å²) in [6, 6.07) is 11.7. The van der Waals surface area contributed by atoms with Crippen LogP contribution in [0.15, 0.2) is 52.0 Å². The van der Waals surface area contributed by atoms with Crippen molar-refractivity contribution in [2.45, 2.75) is 10.6 Å². The maximum absolute atomic E-state index is 11.0. The molecule has 0 bridgehead atoms. The molecule has 92 valence electrons. The van der Waals surface area contributed by atoms with Gasteiger partial charge in [0.15, 0.2) is 0 Å². The van der Waals surface area contributed by atoms with Crippen molar-refractivity contribution in [3.8, 4) is 0 Å². The molecule has 0 aliphatic heterocycles. The van der Waals surface area contributed by atoms with Gasteiger partial charge in [-0.2, -0.15) is 0 Å². The molecule has 0 fully saturated rings. The third kappa shape index (κ3) is 3.58. The number of nitrogens with two attached hydrogens (primary N) is 1. The van der Waals surface area contributed by atoms with Gasteiger partial charge in [0.05, 0.1) is 0 Å². The second-order valence-corrected chi connectivity index (χ2v) is 5.62. The van der Waals surface area contributed by atoms with Gasteiger partial charge in [-0.15, -0.1) is 11.8 Å². The van der Waals surface area contributed by atoms with Crippen LogP contribution in [0.3, 0.4) is 0 Å². The van der Waals surface area contributed by atoms with Crippen LogP contribution >= 0.6 is 27.7 Å². The third-order valence-electron chi connectivity index (χ3n) is 2.28. The molecule has 1 aromatic carbocycles. The zero-order chi connectivity index (χ0) is 13.0. The molecule has 1 heterocycles. The Morgan fingerprint density at radius 2 is 2.17 bits per heavy atom. The quantitative estimate of drug-likeness (QED) is 0.879. The Labute approximate surface area is 118 Å². The van der Waals surface area contributed by atoms with Crippen molar-refractivity contribution < 1.29 is 4.79 Å². The molecule has 2 aromatic rings. The van der Waals surface area contributed by atoms with E-state index in [0.717, 1.165) is 15.1 Å². The lowest BCUT2D eigenvalue weighted by Gasteiger charge is -2.03. The van der Waals surface area contributed by atoms with Crippen molar-refractivity contribution in [2.24, 2.45) is 5.73 Å². The highest BCUT2D eigenvalue weighted by molar-refractivity contribution is 9.10. The number of nitrogens with zero attached hydrogens (tertiary/aromatic N) is 1. The van der Waals surface area contributed by atoms with Gasteiger partial charge in [0.1, 0.15) is 5.69 Å². The number of primary amides is 1. The number of benzene rings is 1. The second-order valence-electron chi connectivity index (χ2n) is 3.66. The van der Waals surface area contributed by atoms with E-state index in [4.69, 9.17) is 5.73 Å². The summed E-state index contributed by atoms with van der Waals surface area (Å²) in [4.78, 5) is 15.9. The predicted octanol–water partition coefficient (Wildman–Crippen LogP) is 3.24. The normalized spacial score (nSPS) is 10.3. The second kappa shape index (κ2) is 6.02. The number of aromatic nitrogens is 1. The van der Waals surface area contributed by atoms with E-state index in [1.807, 2.05) is 18.2 Å². The first-order chi connectivity index (χ1) is 8.65. The number of halogens is 1. The first kappa shape index (κ1) is 13.1. The minimum absolute atomic E-state index is 0.300. The molecule has 0 aliphatic rings. The molecule has 0 aliphatic carbocycles. The zero-order valence-corrected chi connectivity index (χ0v) is 11.9. The number of thioether (sulfide) groups is 1. The lowest BCUT2D eigenvalue weighted by atomic mass is 10.2. The molecule has 3 nitrogen and oxygen atoms in total. The van der Waals surface area contributed by atoms with Gasteiger partial charge in [0.25, 0.3) is 5.91 Å². The van der Waals surface area contributed by atoms with Crippen LogP contribution in [0.1, 0.15) is 16.1 Å². The summed E-state index contributed by atoms with van der Waals surface area (Å²) in [5.41, 5.74) is 6.71. The van der Waals surface area contributed by atoms with E-state index < -0.39 is 5.91 Å². The molecule has 2 N–H and O–H groups in total. The zero-order valence-electron chi connectivity index (χ0n) is 9.47. The highest BCUT2D eigenvalue weighted by Gasteiger charge is 2.03. The number of carbonyl (C=O) groups excluding carboxylic acids is 1. The smallest absolute Gasteiger partial charge is 0.267 e. The van der Waals surface area contributed by atoms with Crippen molar-refractivity contribution in [2.75, 3.05) is 0 Å². The van der Waals surface area contributed by atoms with Gasteiger partial charge in [0, 0.05) is 21.3 Å². The number of hydrogen-bond acceptors (Lipinski definition) is 3. The molecule has 0 spiro atoms. The third-order valence-corrected chi connectivity index (χ3v) is 3.84. The molecule has 18 heavy (non-hydrogen) atoms. The lowest BCUT2D eigenvalue weighted by Crippen LogP contribution is -2.12. The lowest BCUT2D eigenvalue weighted by molar-refractivity contribution is 0.0995. The summed E-state index contributed by atoms with van der Waals surface area (Å²) in [7, 11) is 0. The Kier molecular flexibility index (Phi) is 4.38. The molecule has 0 radical (unpaired) electrons. The van der Waals surface area contributed by atoms with Crippen molar-refractivity contribution in [1.29, 1.82) is 0 Å². The van der Waals surface area contributed by atoms with Crippen LogP contribution in [0.4, 0.5) is 0 Å². The van der Waals surface area contributed by atoms with Crippen LogP contribution in [-0.4, -0.2) is 10.9 Å². The van der Waals surface area contributed by atoms with Gasteiger partial charge in [-0.1, -0.05) is 28.1 Å². The van der Waals surface area contributed by atoms with E-state index in [0.29, 0.717) is 5.69 Å². The Morgan fingerprint density at radius 3 is 2.89 bits per heavy atom. The fraction of sp³-hybridized carbons (Fsp3) is 0.0769. The molecule has 0 saturated heterocycles. The van der Waals surface area contributed by atoms with Gasteiger partial charge in [-0.3, -0.25) is 9.78 Å². The summed E-state index contributed by atoms with van der Waals surface area (Å²) in [6.45, 7) is 0. The highest BCUT2D eigenvalue weighted by Crippen LogP contribution is 2.24. The monoisotopic (exact) mass is 322 g/mol. The van der Waals surface area contributed by atoms with E-state index >= 15 is 0 Å². The van der Waals surface area contributed by atoms with Crippen molar-refractivity contribution in [3.63, 3.8) is 0 Å². The summed E-state index contributed by atoms with van der Waals surface area (Å²) >= 11 is 5.08. The maximum atomic E-state index is 11.0. The fourth-order valence-electron chi connectivity index (χ4n) is 1.43. The average molecular weight is 323 g/mol. The molecule has 2 rings (SSSR count). The van der Waals surface area contributed by atoms with E-state index in [-0.39, 0.29) is 0 Å². The van der Waals surface area contributed by atoms with Crippen LogP contribution < -0.4 is 5.73 Å². The molecule has 0 saturated carbocycles. The molecule has 1 aromatic heterocycles. The van der Waals surface area contributed by atoms with E-state index in [9.17, 15) is 4.79 Å². The molecule has 1 amide bonds. The Balaban J connectivity index is 2.06. The summed E-state index contributed by atoms with van der Waals surface area (Å²) in [5.74, 6) is 0.335. The predicted molar refractivity (Wildman–Crippen MR) is 76.5 cm³/mol. The van der Waals surface area contributed by atoms with Crippen LogP contribution in [0.25, 0.3) is 0 Å². The Hall–Kier alpha value is -1.33. The number of hydrogen-bond donors (Lipinski definition) is 1. The number of rotatable bonds is 4. The first-order valence-corrected chi connectivity index (χ1v) is 7.06. The minimum atomic E-state index is -0.500. The number of pyridine rings is 1.